The minimum atomic E-state index is 0.400. The summed E-state index contributed by atoms with van der Waals surface area (Å²) < 4.78 is 0. The van der Waals surface area contributed by atoms with E-state index in [9.17, 15) is 0 Å². The Kier molecular flexibility index (Phi) is 4.55. The largest absolute Gasteiger partial charge is 0.354 e. The summed E-state index contributed by atoms with van der Waals surface area (Å²) in [6.45, 7) is 5.20. The first-order valence-corrected chi connectivity index (χ1v) is 5.27. The van der Waals surface area contributed by atoms with Crippen LogP contribution in [-0.2, 0) is 0 Å². The summed E-state index contributed by atoms with van der Waals surface area (Å²) >= 11 is 0. The van der Waals surface area contributed by atoms with Crippen molar-refractivity contribution in [1.29, 1.82) is 5.26 Å². The van der Waals surface area contributed by atoms with Crippen LogP contribution in [0, 0.1) is 17.2 Å². The van der Waals surface area contributed by atoms with E-state index in [1.165, 1.54) is 0 Å². The Morgan fingerprint density at radius 3 is 2.80 bits per heavy atom. The Morgan fingerprint density at radius 1 is 1.47 bits per heavy atom. The van der Waals surface area contributed by atoms with Gasteiger partial charge in [0, 0.05) is 12.7 Å². The lowest BCUT2D eigenvalue weighted by Gasteiger charge is -2.12. The lowest BCUT2D eigenvalue weighted by molar-refractivity contribution is 0.517. The molecule has 0 fully saturated rings. The van der Waals surface area contributed by atoms with Crippen molar-refractivity contribution >= 4 is 5.95 Å². The maximum atomic E-state index is 8.66. The van der Waals surface area contributed by atoms with Gasteiger partial charge in [0.25, 0.3) is 0 Å². The molecule has 1 N–H and O–H groups in total. The smallest absolute Gasteiger partial charge is 0.223 e. The van der Waals surface area contributed by atoms with E-state index in [4.69, 9.17) is 5.26 Å². The molecule has 4 nitrogen and oxygen atoms in total. The number of hydrogen-bond donors (Lipinski definition) is 1. The normalized spacial score (nSPS) is 10.0. The van der Waals surface area contributed by atoms with Crippen molar-refractivity contribution in [1.82, 2.24) is 9.97 Å². The number of rotatable bonds is 5. The molecule has 0 aliphatic carbocycles. The number of nitriles is 1. The van der Waals surface area contributed by atoms with Crippen LogP contribution in [0.4, 0.5) is 5.95 Å². The van der Waals surface area contributed by atoms with Gasteiger partial charge in [-0.3, -0.25) is 0 Å². The van der Waals surface area contributed by atoms with Crippen LogP contribution in [0.3, 0.4) is 0 Å². The third-order valence-corrected chi connectivity index (χ3v) is 2.47. The van der Waals surface area contributed by atoms with Crippen LogP contribution in [0.2, 0.25) is 0 Å². The molecule has 1 heterocycles. The van der Waals surface area contributed by atoms with Gasteiger partial charge in [-0.1, -0.05) is 26.7 Å². The van der Waals surface area contributed by atoms with Gasteiger partial charge in [-0.15, -0.1) is 0 Å². The fraction of sp³-hybridized carbons (Fsp3) is 0.545. The van der Waals surface area contributed by atoms with Crippen molar-refractivity contribution in [2.45, 2.75) is 26.7 Å². The first-order valence-electron chi connectivity index (χ1n) is 5.27. The fourth-order valence-electron chi connectivity index (χ4n) is 1.32. The third-order valence-electron chi connectivity index (χ3n) is 2.47. The molecular weight excluding hydrogens is 188 g/mol. The van der Waals surface area contributed by atoms with Crippen molar-refractivity contribution in [3.8, 4) is 6.07 Å². The second-order valence-electron chi connectivity index (χ2n) is 3.44. The highest BCUT2D eigenvalue weighted by molar-refractivity contribution is 5.29. The number of hydrogen-bond acceptors (Lipinski definition) is 4. The van der Waals surface area contributed by atoms with Crippen molar-refractivity contribution in [3.63, 3.8) is 0 Å². The van der Waals surface area contributed by atoms with Crippen LogP contribution >= 0.6 is 0 Å². The van der Waals surface area contributed by atoms with Gasteiger partial charge in [0.1, 0.15) is 11.8 Å². The average molecular weight is 204 g/mol. The van der Waals surface area contributed by atoms with Crippen LogP contribution < -0.4 is 5.32 Å². The summed E-state index contributed by atoms with van der Waals surface area (Å²) in [4.78, 5) is 8.10. The highest BCUT2D eigenvalue weighted by Gasteiger charge is 2.04. The standard InChI is InChI=1S/C11H16N4/c1-3-9(4-2)8-14-11-13-6-5-10(7-12)15-11/h5-6,9H,3-4,8H2,1-2H3,(H,13,14,15). The topological polar surface area (TPSA) is 61.6 Å². The van der Waals surface area contributed by atoms with E-state index in [0.29, 0.717) is 17.6 Å². The third kappa shape index (κ3) is 3.55. The summed E-state index contributed by atoms with van der Waals surface area (Å²) in [6.07, 6.45) is 3.88. The molecule has 0 atom stereocenters. The molecule has 0 bridgehead atoms. The van der Waals surface area contributed by atoms with Gasteiger partial charge < -0.3 is 5.32 Å². The van der Waals surface area contributed by atoms with Crippen LogP contribution in [0.1, 0.15) is 32.4 Å². The van der Waals surface area contributed by atoms with Crippen molar-refractivity contribution < 1.29 is 0 Å². The van der Waals surface area contributed by atoms with Gasteiger partial charge in [-0.2, -0.15) is 5.26 Å². The molecule has 0 amide bonds. The number of anilines is 1. The first-order chi connectivity index (χ1) is 7.30. The molecule has 0 aliphatic rings. The van der Waals surface area contributed by atoms with Gasteiger partial charge in [-0.05, 0) is 12.0 Å². The van der Waals surface area contributed by atoms with Gasteiger partial charge in [0.2, 0.25) is 5.95 Å². The van der Waals surface area contributed by atoms with E-state index in [1.54, 1.807) is 12.3 Å². The van der Waals surface area contributed by atoms with E-state index < -0.39 is 0 Å². The average Bonchev–Trinajstić information content (AvgIpc) is 2.31. The molecule has 1 rings (SSSR count). The Hall–Kier alpha value is -1.63. The molecule has 0 saturated heterocycles. The molecule has 0 unspecified atom stereocenters. The van der Waals surface area contributed by atoms with E-state index in [-0.39, 0.29) is 0 Å². The lowest BCUT2D eigenvalue weighted by Crippen LogP contribution is -2.14. The summed E-state index contributed by atoms with van der Waals surface area (Å²) in [6, 6.07) is 3.59. The molecule has 80 valence electrons. The van der Waals surface area contributed by atoms with Crippen LogP contribution in [0.5, 0.6) is 0 Å². The Labute approximate surface area is 90.4 Å². The van der Waals surface area contributed by atoms with Gasteiger partial charge in [-0.25, -0.2) is 9.97 Å². The van der Waals surface area contributed by atoms with Crippen LogP contribution in [0.15, 0.2) is 12.3 Å². The highest BCUT2D eigenvalue weighted by atomic mass is 15.1. The molecule has 0 saturated carbocycles. The minimum absolute atomic E-state index is 0.400. The summed E-state index contributed by atoms with van der Waals surface area (Å²) in [5, 5.41) is 11.8. The summed E-state index contributed by atoms with van der Waals surface area (Å²) in [5.41, 5.74) is 0.400. The monoisotopic (exact) mass is 204 g/mol. The van der Waals surface area contributed by atoms with Crippen molar-refractivity contribution in [2.75, 3.05) is 11.9 Å². The van der Waals surface area contributed by atoms with E-state index in [1.807, 2.05) is 6.07 Å². The minimum Gasteiger partial charge on any atom is -0.354 e. The van der Waals surface area contributed by atoms with Crippen LogP contribution in [-0.4, -0.2) is 16.5 Å². The maximum Gasteiger partial charge on any atom is 0.223 e. The second kappa shape index (κ2) is 5.97. The zero-order valence-corrected chi connectivity index (χ0v) is 9.20. The SMILES string of the molecule is CCC(CC)CNc1nccc(C#N)n1. The van der Waals surface area contributed by atoms with Gasteiger partial charge >= 0.3 is 0 Å². The van der Waals surface area contributed by atoms with Crippen molar-refractivity contribution in [3.05, 3.63) is 18.0 Å². The second-order valence-corrected chi connectivity index (χ2v) is 3.44. The quantitative estimate of drug-likeness (QED) is 0.798. The molecule has 1 aromatic rings. The zero-order valence-electron chi connectivity index (χ0n) is 9.20. The summed E-state index contributed by atoms with van der Waals surface area (Å²) in [5.74, 6) is 1.18. The number of nitrogens with zero attached hydrogens (tertiary/aromatic N) is 3. The Bertz CT molecular complexity index is 339. The van der Waals surface area contributed by atoms with E-state index in [2.05, 4.69) is 29.1 Å². The van der Waals surface area contributed by atoms with Crippen LogP contribution in [0.25, 0.3) is 0 Å². The Balaban J connectivity index is 2.54. The fourth-order valence-corrected chi connectivity index (χ4v) is 1.32. The summed E-state index contributed by atoms with van der Waals surface area (Å²) in [7, 11) is 0. The zero-order chi connectivity index (χ0) is 11.1. The molecule has 15 heavy (non-hydrogen) atoms. The molecule has 0 aromatic carbocycles. The molecular formula is C11H16N4. The van der Waals surface area contributed by atoms with Crippen molar-refractivity contribution in [2.24, 2.45) is 5.92 Å². The molecule has 0 aliphatic heterocycles. The maximum absolute atomic E-state index is 8.66. The molecule has 4 heteroatoms. The Morgan fingerprint density at radius 2 is 2.20 bits per heavy atom. The molecule has 1 aromatic heterocycles. The molecule has 0 radical (unpaired) electrons. The first kappa shape index (κ1) is 11.4. The van der Waals surface area contributed by atoms with E-state index in [0.717, 1.165) is 19.4 Å². The number of aromatic nitrogens is 2. The predicted octanol–water partition coefficient (Wildman–Crippen LogP) is 2.20. The molecule has 0 spiro atoms. The van der Waals surface area contributed by atoms with Gasteiger partial charge in [0.05, 0.1) is 0 Å². The lowest BCUT2D eigenvalue weighted by atomic mass is 10.0. The van der Waals surface area contributed by atoms with E-state index >= 15 is 0 Å². The number of nitrogens with one attached hydrogen (secondary N) is 1. The highest BCUT2D eigenvalue weighted by Crippen LogP contribution is 2.08. The predicted molar refractivity (Wildman–Crippen MR) is 59.3 cm³/mol. The van der Waals surface area contributed by atoms with Gasteiger partial charge in [0.15, 0.2) is 0 Å².